The third-order valence-corrected chi connectivity index (χ3v) is 2.58. The molecule has 0 amide bonds. The number of ether oxygens (including phenoxy) is 1. The van der Waals surface area contributed by atoms with Gasteiger partial charge in [0.1, 0.15) is 5.75 Å². The minimum absolute atomic E-state index is 0.621. The van der Waals surface area contributed by atoms with Crippen molar-refractivity contribution in [3.05, 3.63) is 33.8 Å². The lowest BCUT2D eigenvalue weighted by molar-refractivity contribution is -0.131. The highest BCUT2D eigenvalue weighted by Gasteiger charge is 2.07. The van der Waals surface area contributed by atoms with E-state index in [1.807, 2.05) is 26.0 Å². The topological polar surface area (TPSA) is 46.5 Å². The maximum atomic E-state index is 10.5. The molecule has 0 spiro atoms. The van der Waals surface area contributed by atoms with Crippen molar-refractivity contribution in [3.8, 4) is 5.75 Å². The summed E-state index contributed by atoms with van der Waals surface area (Å²) in [4.78, 5) is 10.5. The average Bonchev–Trinajstić information content (AvgIpc) is 2.24. The first-order chi connectivity index (χ1) is 8.04. The molecular formula is C13H15BrO3. The van der Waals surface area contributed by atoms with Crippen LogP contribution in [0, 0.1) is 6.92 Å². The molecule has 0 saturated heterocycles. The number of carboxylic acid groups (broad SMARTS) is 1. The molecule has 1 aromatic carbocycles. The predicted octanol–water partition coefficient (Wildman–Crippen LogP) is 3.64. The van der Waals surface area contributed by atoms with Gasteiger partial charge in [0.05, 0.1) is 6.61 Å². The molecule has 0 aliphatic rings. The van der Waals surface area contributed by atoms with Gasteiger partial charge in [0.25, 0.3) is 0 Å². The van der Waals surface area contributed by atoms with Gasteiger partial charge in [0.2, 0.25) is 0 Å². The summed E-state index contributed by atoms with van der Waals surface area (Å²) in [6, 6.07) is 3.79. The number of aryl methyl sites for hydroxylation is 1. The first-order valence-corrected chi connectivity index (χ1v) is 6.18. The van der Waals surface area contributed by atoms with Gasteiger partial charge >= 0.3 is 5.97 Å². The monoisotopic (exact) mass is 298 g/mol. The lowest BCUT2D eigenvalue weighted by Gasteiger charge is -2.12. The molecule has 0 fully saturated rings. The zero-order chi connectivity index (χ0) is 12.8. The Morgan fingerprint density at radius 2 is 2.24 bits per heavy atom. The van der Waals surface area contributed by atoms with Crippen molar-refractivity contribution in [2.24, 2.45) is 0 Å². The highest BCUT2D eigenvalue weighted by atomic mass is 79.9. The molecule has 0 aliphatic carbocycles. The third-order valence-electron chi connectivity index (χ3n) is 2.12. The lowest BCUT2D eigenvalue weighted by atomic mass is 10.1. The van der Waals surface area contributed by atoms with Crippen LogP contribution in [0.15, 0.2) is 22.7 Å². The van der Waals surface area contributed by atoms with Gasteiger partial charge in [0.15, 0.2) is 0 Å². The van der Waals surface area contributed by atoms with Gasteiger partial charge in [-0.25, -0.2) is 4.79 Å². The highest BCUT2D eigenvalue weighted by Crippen LogP contribution is 2.29. The van der Waals surface area contributed by atoms with Crippen molar-refractivity contribution < 1.29 is 14.6 Å². The Labute approximate surface area is 109 Å². The molecule has 17 heavy (non-hydrogen) atoms. The smallest absolute Gasteiger partial charge is 0.328 e. The summed E-state index contributed by atoms with van der Waals surface area (Å²) in [5.74, 6) is -0.225. The predicted molar refractivity (Wildman–Crippen MR) is 71.3 cm³/mol. The normalized spacial score (nSPS) is 10.8. The van der Waals surface area contributed by atoms with Crippen LogP contribution in [0.25, 0.3) is 6.08 Å². The number of hydrogen-bond donors (Lipinski definition) is 1. The van der Waals surface area contributed by atoms with E-state index in [1.165, 1.54) is 0 Å². The summed E-state index contributed by atoms with van der Waals surface area (Å²) in [5, 5.41) is 8.64. The van der Waals surface area contributed by atoms with Crippen LogP contribution in [0.1, 0.15) is 24.5 Å². The van der Waals surface area contributed by atoms with Crippen molar-refractivity contribution in [1.29, 1.82) is 0 Å². The summed E-state index contributed by atoms with van der Waals surface area (Å²) < 4.78 is 6.55. The van der Waals surface area contributed by atoms with E-state index in [2.05, 4.69) is 15.9 Å². The van der Waals surface area contributed by atoms with E-state index in [0.29, 0.717) is 6.61 Å². The summed E-state index contributed by atoms with van der Waals surface area (Å²) in [6.45, 7) is 4.59. The number of aliphatic carboxylic acids is 1. The first kappa shape index (κ1) is 13.8. The summed E-state index contributed by atoms with van der Waals surface area (Å²) in [6.07, 6.45) is 3.57. The Hall–Kier alpha value is -1.29. The van der Waals surface area contributed by atoms with Gasteiger partial charge in [-0.1, -0.05) is 22.9 Å². The highest BCUT2D eigenvalue weighted by molar-refractivity contribution is 9.10. The largest absolute Gasteiger partial charge is 0.493 e. The lowest BCUT2D eigenvalue weighted by Crippen LogP contribution is -1.99. The Bertz CT molecular complexity index is 439. The van der Waals surface area contributed by atoms with E-state index in [4.69, 9.17) is 9.84 Å². The van der Waals surface area contributed by atoms with E-state index in [0.717, 1.165) is 33.8 Å². The zero-order valence-corrected chi connectivity index (χ0v) is 11.5. The second-order valence-corrected chi connectivity index (χ2v) is 4.58. The van der Waals surface area contributed by atoms with Gasteiger partial charge in [-0.2, -0.15) is 0 Å². The van der Waals surface area contributed by atoms with E-state index in [1.54, 1.807) is 6.08 Å². The van der Waals surface area contributed by atoms with Crippen LogP contribution in [0.4, 0.5) is 0 Å². The Kier molecular flexibility index (Phi) is 5.22. The number of halogens is 1. The number of carbonyl (C=O) groups is 1. The molecule has 0 aromatic heterocycles. The summed E-state index contributed by atoms with van der Waals surface area (Å²) in [5.41, 5.74) is 1.76. The van der Waals surface area contributed by atoms with Crippen molar-refractivity contribution in [1.82, 2.24) is 0 Å². The van der Waals surface area contributed by atoms with Gasteiger partial charge in [-0.15, -0.1) is 0 Å². The number of benzene rings is 1. The minimum atomic E-state index is -0.968. The van der Waals surface area contributed by atoms with E-state index in [-0.39, 0.29) is 0 Å². The van der Waals surface area contributed by atoms with Crippen LogP contribution in [0.3, 0.4) is 0 Å². The molecule has 0 unspecified atom stereocenters. The van der Waals surface area contributed by atoms with Crippen molar-refractivity contribution in [2.75, 3.05) is 6.61 Å². The second kappa shape index (κ2) is 6.45. The van der Waals surface area contributed by atoms with Crippen LogP contribution in [0.2, 0.25) is 0 Å². The average molecular weight is 299 g/mol. The van der Waals surface area contributed by atoms with Crippen LogP contribution in [-0.4, -0.2) is 17.7 Å². The van der Waals surface area contributed by atoms with Crippen molar-refractivity contribution >= 4 is 28.0 Å². The fourth-order valence-electron chi connectivity index (χ4n) is 1.44. The molecule has 0 heterocycles. The zero-order valence-electron chi connectivity index (χ0n) is 9.87. The molecule has 1 rings (SSSR count). The van der Waals surface area contributed by atoms with Crippen LogP contribution in [0.5, 0.6) is 5.75 Å². The van der Waals surface area contributed by atoms with Gasteiger partial charge in [-0.3, -0.25) is 0 Å². The van der Waals surface area contributed by atoms with E-state index >= 15 is 0 Å². The maximum absolute atomic E-state index is 10.5. The summed E-state index contributed by atoms with van der Waals surface area (Å²) >= 11 is 3.39. The number of rotatable bonds is 5. The van der Waals surface area contributed by atoms with E-state index < -0.39 is 5.97 Å². The Morgan fingerprint density at radius 1 is 1.53 bits per heavy atom. The maximum Gasteiger partial charge on any atom is 0.328 e. The quantitative estimate of drug-likeness (QED) is 0.844. The van der Waals surface area contributed by atoms with Crippen LogP contribution >= 0.6 is 15.9 Å². The molecule has 4 heteroatoms. The van der Waals surface area contributed by atoms with Gasteiger partial charge in [0, 0.05) is 16.1 Å². The third kappa shape index (κ3) is 4.23. The van der Waals surface area contributed by atoms with Crippen molar-refractivity contribution in [3.63, 3.8) is 0 Å². The molecule has 0 atom stereocenters. The number of carboxylic acids is 1. The Morgan fingerprint density at radius 3 is 2.82 bits per heavy atom. The van der Waals surface area contributed by atoms with Gasteiger partial charge in [-0.05, 0) is 37.1 Å². The standard InChI is InChI=1S/C13H15BrO3/c1-3-6-17-13-9(2)7-11(14)8-10(13)4-5-12(15)16/h4-5,7-8H,3,6H2,1-2H3,(H,15,16)/b5-4+. The number of hydrogen-bond acceptors (Lipinski definition) is 2. The molecule has 92 valence electrons. The van der Waals surface area contributed by atoms with Crippen LogP contribution in [-0.2, 0) is 4.79 Å². The first-order valence-electron chi connectivity index (χ1n) is 5.38. The SMILES string of the molecule is CCCOc1c(C)cc(Br)cc1/C=C/C(=O)O. The van der Waals surface area contributed by atoms with Gasteiger partial charge < -0.3 is 9.84 Å². The molecule has 3 nitrogen and oxygen atoms in total. The minimum Gasteiger partial charge on any atom is -0.493 e. The molecule has 0 radical (unpaired) electrons. The molecule has 1 aromatic rings. The molecule has 0 bridgehead atoms. The second-order valence-electron chi connectivity index (χ2n) is 3.66. The van der Waals surface area contributed by atoms with E-state index in [9.17, 15) is 4.79 Å². The fraction of sp³-hybridized carbons (Fsp3) is 0.308. The molecule has 1 N–H and O–H groups in total. The molecule has 0 saturated carbocycles. The molecule has 0 aliphatic heterocycles. The fourth-order valence-corrected chi connectivity index (χ4v) is 2.03. The Balaban J connectivity index is 3.10. The van der Waals surface area contributed by atoms with Crippen molar-refractivity contribution in [2.45, 2.75) is 20.3 Å². The van der Waals surface area contributed by atoms with Crippen LogP contribution < -0.4 is 4.74 Å². The molecular weight excluding hydrogens is 284 g/mol. The summed E-state index contributed by atoms with van der Waals surface area (Å²) in [7, 11) is 0.